The average molecular weight is 427 g/mol. The van der Waals surface area contributed by atoms with E-state index in [9.17, 15) is 4.79 Å². The van der Waals surface area contributed by atoms with E-state index in [1.54, 1.807) is 0 Å². The number of piperidine rings is 1. The SMILES string of the molecule is CN1CCC(N2CCN(C(=O)c3ccc4c(Cl)c5c(nc4c3)CCCC5)CC2)CC1. The molecule has 0 radical (unpaired) electrons. The second-order valence-electron chi connectivity index (χ2n) is 9.15. The maximum atomic E-state index is 13.2. The molecule has 160 valence electrons. The van der Waals surface area contributed by atoms with E-state index in [0.29, 0.717) is 6.04 Å². The number of carbonyl (C=O) groups excluding carboxylic acids is 1. The molecule has 2 saturated heterocycles. The van der Waals surface area contributed by atoms with E-state index in [0.717, 1.165) is 66.2 Å². The monoisotopic (exact) mass is 426 g/mol. The van der Waals surface area contributed by atoms with E-state index >= 15 is 0 Å². The molecule has 6 heteroatoms. The highest BCUT2D eigenvalue weighted by Crippen LogP contribution is 2.33. The molecule has 2 aliphatic heterocycles. The number of pyridine rings is 1. The fourth-order valence-electron chi connectivity index (χ4n) is 5.33. The van der Waals surface area contributed by atoms with Crippen molar-refractivity contribution in [3.8, 4) is 0 Å². The van der Waals surface area contributed by atoms with Crippen molar-refractivity contribution in [3.63, 3.8) is 0 Å². The zero-order valence-corrected chi connectivity index (χ0v) is 18.6. The van der Waals surface area contributed by atoms with E-state index in [2.05, 4.69) is 16.8 Å². The lowest BCUT2D eigenvalue weighted by atomic mass is 9.94. The molecule has 2 fully saturated rings. The van der Waals surface area contributed by atoms with Gasteiger partial charge in [-0.05, 0) is 76.4 Å². The summed E-state index contributed by atoms with van der Waals surface area (Å²) in [5.74, 6) is 0.121. The Morgan fingerprint density at radius 2 is 1.77 bits per heavy atom. The Labute approximate surface area is 184 Å². The number of piperazine rings is 1. The van der Waals surface area contributed by atoms with Crippen LogP contribution in [0.2, 0.25) is 5.02 Å². The number of amides is 1. The molecule has 5 rings (SSSR count). The molecule has 30 heavy (non-hydrogen) atoms. The summed E-state index contributed by atoms with van der Waals surface area (Å²) in [4.78, 5) is 25.1. The van der Waals surface area contributed by atoms with Crippen LogP contribution in [0.5, 0.6) is 0 Å². The third-order valence-electron chi connectivity index (χ3n) is 7.25. The zero-order valence-electron chi connectivity index (χ0n) is 17.9. The topological polar surface area (TPSA) is 39.7 Å². The van der Waals surface area contributed by atoms with Crippen LogP contribution in [-0.4, -0.2) is 77.9 Å². The molecule has 0 spiro atoms. The zero-order chi connectivity index (χ0) is 20.7. The lowest BCUT2D eigenvalue weighted by Crippen LogP contribution is -2.54. The molecule has 0 N–H and O–H groups in total. The largest absolute Gasteiger partial charge is 0.336 e. The molecule has 1 amide bonds. The molecule has 3 heterocycles. The summed E-state index contributed by atoms with van der Waals surface area (Å²) in [7, 11) is 2.20. The Balaban J connectivity index is 1.29. The fraction of sp³-hybridized carbons (Fsp3) is 0.583. The number of hydrogen-bond acceptors (Lipinski definition) is 4. The van der Waals surface area contributed by atoms with Gasteiger partial charge < -0.3 is 9.80 Å². The van der Waals surface area contributed by atoms with Crippen molar-refractivity contribution in [2.24, 2.45) is 0 Å². The highest BCUT2D eigenvalue weighted by molar-refractivity contribution is 6.36. The van der Waals surface area contributed by atoms with Gasteiger partial charge in [0, 0.05) is 48.9 Å². The first-order valence-corrected chi connectivity index (χ1v) is 11.8. The third-order valence-corrected chi connectivity index (χ3v) is 7.68. The number of carbonyl (C=O) groups is 1. The Morgan fingerprint density at radius 1 is 1.03 bits per heavy atom. The molecule has 1 aromatic heterocycles. The molecule has 1 aromatic carbocycles. The molecule has 0 saturated carbocycles. The van der Waals surface area contributed by atoms with Crippen molar-refractivity contribution in [1.29, 1.82) is 0 Å². The summed E-state index contributed by atoms with van der Waals surface area (Å²) in [5.41, 5.74) is 3.92. The van der Waals surface area contributed by atoms with E-state index in [1.165, 1.54) is 44.3 Å². The van der Waals surface area contributed by atoms with Gasteiger partial charge in [0.05, 0.1) is 10.5 Å². The van der Waals surface area contributed by atoms with Crippen molar-refractivity contribution in [2.75, 3.05) is 46.3 Å². The fourth-order valence-corrected chi connectivity index (χ4v) is 5.70. The van der Waals surface area contributed by atoms with Crippen molar-refractivity contribution in [2.45, 2.75) is 44.6 Å². The number of aryl methyl sites for hydroxylation is 1. The first-order valence-electron chi connectivity index (χ1n) is 11.4. The van der Waals surface area contributed by atoms with Gasteiger partial charge in [-0.15, -0.1) is 0 Å². The molecular formula is C24H31ClN4O. The summed E-state index contributed by atoms with van der Waals surface area (Å²) < 4.78 is 0. The van der Waals surface area contributed by atoms with Gasteiger partial charge in [0.1, 0.15) is 0 Å². The summed E-state index contributed by atoms with van der Waals surface area (Å²) >= 11 is 6.70. The van der Waals surface area contributed by atoms with Crippen LogP contribution in [0.1, 0.15) is 47.3 Å². The predicted molar refractivity (Wildman–Crippen MR) is 121 cm³/mol. The minimum Gasteiger partial charge on any atom is -0.336 e. The minimum atomic E-state index is 0.121. The lowest BCUT2D eigenvalue weighted by molar-refractivity contribution is 0.0475. The van der Waals surface area contributed by atoms with Crippen molar-refractivity contribution in [1.82, 2.24) is 19.7 Å². The number of rotatable bonds is 2. The summed E-state index contributed by atoms with van der Waals surface area (Å²) in [6.45, 7) is 5.93. The number of likely N-dealkylation sites (tertiary alicyclic amines) is 1. The molecule has 0 atom stereocenters. The third kappa shape index (κ3) is 3.83. The van der Waals surface area contributed by atoms with E-state index in [1.807, 2.05) is 23.1 Å². The van der Waals surface area contributed by atoms with E-state index in [4.69, 9.17) is 16.6 Å². The van der Waals surface area contributed by atoms with Crippen LogP contribution in [0, 0.1) is 0 Å². The molecule has 3 aliphatic rings. The van der Waals surface area contributed by atoms with Gasteiger partial charge in [-0.25, -0.2) is 0 Å². The first kappa shape index (κ1) is 20.2. The normalized spacial score (nSPS) is 21.7. The van der Waals surface area contributed by atoms with Crippen LogP contribution in [0.25, 0.3) is 10.9 Å². The Hall–Kier alpha value is -1.69. The maximum Gasteiger partial charge on any atom is 0.254 e. The molecule has 0 bridgehead atoms. The smallest absolute Gasteiger partial charge is 0.254 e. The Morgan fingerprint density at radius 3 is 2.53 bits per heavy atom. The standard InChI is InChI=1S/C24H31ClN4O/c1-27-10-8-18(9-11-27)28-12-14-29(15-13-28)24(30)17-6-7-20-22(16-17)26-21-5-3-2-4-19(21)23(20)25/h6-7,16,18H,2-5,8-15H2,1H3. The van der Waals surface area contributed by atoms with Crippen LogP contribution in [0.15, 0.2) is 18.2 Å². The average Bonchev–Trinajstić information content (AvgIpc) is 2.79. The number of benzene rings is 1. The van der Waals surface area contributed by atoms with Gasteiger partial charge in [-0.2, -0.15) is 0 Å². The maximum absolute atomic E-state index is 13.2. The highest BCUT2D eigenvalue weighted by atomic mass is 35.5. The number of halogens is 1. The van der Waals surface area contributed by atoms with Gasteiger partial charge in [-0.3, -0.25) is 14.7 Å². The van der Waals surface area contributed by atoms with Gasteiger partial charge >= 0.3 is 0 Å². The van der Waals surface area contributed by atoms with Crippen LogP contribution in [0.4, 0.5) is 0 Å². The molecule has 2 aromatic rings. The lowest BCUT2D eigenvalue weighted by Gasteiger charge is -2.42. The molecule has 1 aliphatic carbocycles. The van der Waals surface area contributed by atoms with E-state index < -0.39 is 0 Å². The number of aromatic nitrogens is 1. The van der Waals surface area contributed by atoms with Crippen LogP contribution in [0.3, 0.4) is 0 Å². The van der Waals surface area contributed by atoms with Crippen LogP contribution < -0.4 is 0 Å². The number of hydrogen-bond donors (Lipinski definition) is 0. The van der Waals surface area contributed by atoms with Crippen molar-refractivity contribution in [3.05, 3.63) is 40.0 Å². The molecule has 5 nitrogen and oxygen atoms in total. The van der Waals surface area contributed by atoms with Gasteiger partial charge in [0.2, 0.25) is 0 Å². The highest BCUT2D eigenvalue weighted by Gasteiger charge is 2.28. The Kier molecular flexibility index (Phi) is 5.69. The summed E-state index contributed by atoms with van der Waals surface area (Å²) in [6.07, 6.45) is 6.83. The molecule has 0 unspecified atom stereocenters. The minimum absolute atomic E-state index is 0.121. The van der Waals surface area contributed by atoms with Crippen molar-refractivity contribution >= 4 is 28.4 Å². The quantitative estimate of drug-likeness (QED) is 0.735. The second-order valence-corrected chi connectivity index (χ2v) is 9.53. The van der Waals surface area contributed by atoms with Gasteiger partial charge in [0.25, 0.3) is 5.91 Å². The summed E-state index contributed by atoms with van der Waals surface area (Å²) in [6, 6.07) is 6.54. The Bertz CT molecular complexity index is 946. The van der Waals surface area contributed by atoms with Crippen LogP contribution in [-0.2, 0) is 12.8 Å². The summed E-state index contributed by atoms with van der Waals surface area (Å²) in [5, 5.41) is 1.81. The van der Waals surface area contributed by atoms with Gasteiger partial charge in [-0.1, -0.05) is 17.7 Å². The molecular weight excluding hydrogens is 396 g/mol. The number of nitrogens with zero attached hydrogens (tertiary/aromatic N) is 4. The first-order chi connectivity index (χ1) is 14.6. The van der Waals surface area contributed by atoms with E-state index in [-0.39, 0.29) is 5.91 Å². The van der Waals surface area contributed by atoms with Crippen molar-refractivity contribution < 1.29 is 4.79 Å². The van der Waals surface area contributed by atoms with Gasteiger partial charge in [0.15, 0.2) is 0 Å². The predicted octanol–water partition coefficient (Wildman–Crippen LogP) is 3.62. The number of fused-ring (bicyclic) bond motifs is 2. The van der Waals surface area contributed by atoms with Crippen LogP contribution >= 0.6 is 11.6 Å². The second kappa shape index (κ2) is 8.45.